The van der Waals surface area contributed by atoms with Gasteiger partial charge in [-0.2, -0.15) is 0 Å². The van der Waals surface area contributed by atoms with Crippen LogP contribution in [0.25, 0.3) is 10.1 Å². The second-order valence-corrected chi connectivity index (χ2v) is 11.4. The third-order valence-electron chi connectivity index (χ3n) is 7.50. The Morgan fingerprint density at radius 2 is 1.70 bits per heavy atom. The van der Waals surface area contributed by atoms with Crippen molar-refractivity contribution >= 4 is 39.3 Å². The van der Waals surface area contributed by atoms with Crippen molar-refractivity contribution in [3.8, 4) is 0 Å². The molecule has 2 aliphatic rings. The molecular formula is C31H36N4O4S. The Kier molecular flexibility index (Phi) is 9.26. The van der Waals surface area contributed by atoms with Crippen LogP contribution in [0, 0.1) is 0 Å². The number of urea groups is 1. The minimum atomic E-state index is -1.20. The van der Waals surface area contributed by atoms with Crippen LogP contribution >= 0.6 is 11.3 Å². The predicted molar refractivity (Wildman–Crippen MR) is 158 cm³/mol. The molecule has 5 rings (SSSR count). The van der Waals surface area contributed by atoms with E-state index in [1.54, 1.807) is 0 Å². The molecule has 8 nitrogen and oxygen atoms in total. The van der Waals surface area contributed by atoms with E-state index in [9.17, 15) is 14.4 Å². The van der Waals surface area contributed by atoms with Gasteiger partial charge in [-0.05, 0) is 55.3 Å². The third-order valence-corrected chi connectivity index (χ3v) is 8.61. The van der Waals surface area contributed by atoms with Gasteiger partial charge in [0.15, 0.2) is 0 Å². The number of nitrogens with one attached hydrogen (secondary N) is 2. The van der Waals surface area contributed by atoms with Crippen LogP contribution in [0.4, 0.5) is 4.79 Å². The predicted octanol–water partition coefficient (Wildman–Crippen LogP) is 4.22. The van der Waals surface area contributed by atoms with Crippen LogP contribution in [-0.4, -0.2) is 79.1 Å². The minimum Gasteiger partial charge on any atom is -0.379 e. The summed E-state index contributed by atoms with van der Waals surface area (Å²) >= 11 is 1.40. The van der Waals surface area contributed by atoms with Gasteiger partial charge in [-0.25, -0.2) is 4.79 Å². The van der Waals surface area contributed by atoms with E-state index in [1.165, 1.54) is 16.2 Å². The number of nitrogens with zero attached hydrogens (tertiary/aromatic N) is 2. The first-order valence-electron chi connectivity index (χ1n) is 13.9. The van der Waals surface area contributed by atoms with E-state index >= 15 is 0 Å². The van der Waals surface area contributed by atoms with E-state index < -0.39 is 11.6 Å². The molecule has 3 aromatic rings. The summed E-state index contributed by atoms with van der Waals surface area (Å²) in [5.74, 6) is -0.680. The van der Waals surface area contributed by atoms with Crippen LogP contribution in [-0.2, 0) is 16.0 Å². The first kappa shape index (κ1) is 28.0. The molecule has 0 bridgehead atoms. The number of hydrogen-bond donors (Lipinski definition) is 2. The SMILES string of the molecule is O=C(NC1(C(=O)N(CCc2ccccc2)C(=O)NCCCN2CCOCC2)CC=CC1)c1cc2ccccc2s1. The second kappa shape index (κ2) is 13.2. The summed E-state index contributed by atoms with van der Waals surface area (Å²) in [5.41, 5.74) is -0.164. The molecule has 9 heteroatoms. The lowest BCUT2D eigenvalue weighted by Gasteiger charge is -2.34. The molecule has 1 aliphatic heterocycles. The molecular weight excluding hydrogens is 524 g/mol. The number of carbonyl (C=O) groups excluding carboxylic acids is 3. The number of rotatable bonds is 10. The highest BCUT2D eigenvalue weighted by atomic mass is 32.1. The monoisotopic (exact) mass is 560 g/mol. The van der Waals surface area contributed by atoms with Gasteiger partial charge in [0.25, 0.3) is 11.8 Å². The number of ether oxygens (including phenoxy) is 1. The van der Waals surface area contributed by atoms with Gasteiger partial charge in [0.1, 0.15) is 5.54 Å². The molecule has 4 amide bonds. The van der Waals surface area contributed by atoms with Gasteiger partial charge in [0.05, 0.1) is 18.1 Å². The van der Waals surface area contributed by atoms with Crippen LogP contribution in [0.1, 0.15) is 34.5 Å². The maximum Gasteiger partial charge on any atom is 0.324 e. The molecule has 210 valence electrons. The molecule has 0 radical (unpaired) electrons. The van der Waals surface area contributed by atoms with Gasteiger partial charge >= 0.3 is 6.03 Å². The largest absolute Gasteiger partial charge is 0.379 e. The van der Waals surface area contributed by atoms with Crippen LogP contribution in [0.15, 0.2) is 72.8 Å². The number of hydrogen-bond acceptors (Lipinski definition) is 6. The van der Waals surface area contributed by atoms with Crippen molar-refractivity contribution in [2.45, 2.75) is 31.2 Å². The number of amides is 4. The number of morpholine rings is 1. The zero-order chi connectivity index (χ0) is 27.8. The summed E-state index contributed by atoms with van der Waals surface area (Å²) in [4.78, 5) is 45.2. The highest BCUT2D eigenvalue weighted by Crippen LogP contribution is 2.30. The zero-order valence-corrected chi connectivity index (χ0v) is 23.5. The van der Waals surface area contributed by atoms with E-state index in [0.717, 1.165) is 54.9 Å². The molecule has 0 saturated carbocycles. The van der Waals surface area contributed by atoms with Gasteiger partial charge in [0.2, 0.25) is 0 Å². The first-order chi connectivity index (χ1) is 19.5. The van der Waals surface area contributed by atoms with E-state index in [4.69, 9.17) is 4.74 Å². The third kappa shape index (κ3) is 6.78. The smallest absolute Gasteiger partial charge is 0.324 e. The fourth-order valence-electron chi connectivity index (χ4n) is 5.21. The lowest BCUT2D eigenvalue weighted by Crippen LogP contribution is -2.61. The molecule has 0 atom stereocenters. The van der Waals surface area contributed by atoms with Crippen molar-refractivity contribution in [3.05, 3.63) is 83.3 Å². The Balaban J connectivity index is 1.29. The fourth-order valence-corrected chi connectivity index (χ4v) is 6.17. The molecule has 40 heavy (non-hydrogen) atoms. The van der Waals surface area contributed by atoms with Gasteiger partial charge in [-0.1, -0.05) is 60.7 Å². The van der Waals surface area contributed by atoms with Gasteiger partial charge in [-0.3, -0.25) is 19.4 Å². The lowest BCUT2D eigenvalue weighted by atomic mass is 9.93. The molecule has 2 heterocycles. The number of fused-ring (bicyclic) bond motifs is 1. The second-order valence-electron chi connectivity index (χ2n) is 10.3. The van der Waals surface area contributed by atoms with Crippen LogP contribution in [0.3, 0.4) is 0 Å². The van der Waals surface area contributed by atoms with Crippen LogP contribution in [0.2, 0.25) is 0 Å². The van der Waals surface area contributed by atoms with Crippen molar-refractivity contribution in [1.82, 2.24) is 20.4 Å². The van der Waals surface area contributed by atoms with Crippen molar-refractivity contribution in [3.63, 3.8) is 0 Å². The van der Waals surface area contributed by atoms with Crippen molar-refractivity contribution in [2.24, 2.45) is 0 Å². The topological polar surface area (TPSA) is 91.0 Å². The molecule has 1 fully saturated rings. The van der Waals surface area contributed by atoms with Crippen LogP contribution < -0.4 is 10.6 Å². The van der Waals surface area contributed by atoms with Crippen LogP contribution in [0.5, 0.6) is 0 Å². The number of carbonyl (C=O) groups is 3. The fraction of sp³-hybridized carbons (Fsp3) is 0.387. The molecule has 1 saturated heterocycles. The Bertz CT molecular complexity index is 1310. The molecule has 2 N–H and O–H groups in total. The Morgan fingerprint density at radius 3 is 2.45 bits per heavy atom. The Hall–Kier alpha value is -3.53. The number of thiophene rings is 1. The van der Waals surface area contributed by atoms with Crippen molar-refractivity contribution < 1.29 is 19.1 Å². The standard InChI is InChI=1S/C31H36N4O4S/c36-28(27-23-25-11-4-5-12-26(25)40-27)33-31(14-6-7-15-31)29(37)35(18-13-24-9-2-1-3-10-24)30(38)32-16-8-17-34-19-21-39-22-20-34/h1-7,9-12,23H,8,13-22H2,(H,32,38)(H,33,36). The van der Waals surface area contributed by atoms with E-state index in [0.29, 0.717) is 30.7 Å². The summed E-state index contributed by atoms with van der Waals surface area (Å²) in [7, 11) is 0. The zero-order valence-electron chi connectivity index (χ0n) is 22.6. The van der Waals surface area contributed by atoms with Gasteiger partial charge in [-0.15, -0.1) is 11.3 Å². The summed E-state index contributed by atoms with van der Waals surface area (Å²) < 4.78 is 6.42. The average molecular weight is 561 g/mol. The quantitative estimate of drug-likeness (QED) is 0.286. The number of imide groups is 1. The summed E-state index contributed by atoms with van der Waals surface area (Å²) in [6, 6.07) is 19.0. The Labute approximate surface area is 239 Å². The summed E-state index contributed by atoms with van der Waals surface area (Å²) in [6.07, 6.45) is 5.80. The molecule has 0 unspecified atom stereocenters. The number of benzene rings is 2. The van der Waals surface area contributed by atoms with E-state index in [2.05, 4.69) is 15.5 Å². The van der Waals surface area contributed by atoms with Crippen molar-refractivity contribution in [1.29, 1.82) is 0 Å². The van der Waals surface area contributed by atoms with E-state index in [1.807, 2.05) is 72.8 Å². The Morgan fingerprint density at radius 1 is 0.975 bits per heavy atom. The van der Waals surface area contributed by atoms with Gasteiger partial charge in [0, 0.05) is 30.9 Å². The highest BCUT2D eigenvalue weighted by molar-refractivity contribution is 7.20. The van der Waals surface area contributed by atoms with Crippen molar-refractivity contribution in [2.75, 3.05) is 45.9 Å². The minimum absolute atomic E-state index is 0.221. The molecule has 0 spiro atoms. The summed E-state index contributed by atoms with van der Waals surface area (Å²) in [5, 5.41) is 6.98. The molecule has 1 aromatic heterocycles. The maximum atomic E-state index is 14.1. The molecule has 1 aliphatic carbocycles. The van der Waals surface area contributed by atoms with Gasteiger partial charge < -0.3 is 15.4 Å². The first-order valence-corrected chi connectivity index (χ1v) is 14.8. The average Bonchev–Trinajstić information content (AvgIpc) is 3.65. The lowest BCUT2D eigenvalue weighted by molar-refractivity contribution is -0.134. The van der Waals surface area contributed by atoms with E-state index in [-0.39, 0.29) is 18.4 Å². The maximum absolute atomic E-state index is 14.1. The normalized spacial score (nSPS) is 16.6. The summed E-state index contributed by atoms with van der Waals surface area (Å²) in [6.45, 7) is 4.80. The highest BCUT2D eigenvalue weighted by Gasteiger charge is 2.45. The molecule has 2 aromatic carbocycles.